The van der Waals surface area contributed by atoms with Crippen LogP contribution in [0.1, 0.15) is 66.8 Å². The number of dihydropyridines is 1. The molecule has 0 amide bonds. The minimum Gasteiger partial charge on any atom is -0.391 e. The first kappa shape index (κ1) is 22.2. The van der Waals surface area contributed by atoms with E-state index in [2.05, 4.69) is 55.2 Å². The van der Waals surface area contributed by atoms with Crippen LogP contribution in [0, 0.1) is 0 Å². The number of rotatable bonds is 9. The molecule has 0 aromatic carbocycles. The van der Waals surface area contributed by atoms with Crippen molar-refractivity contribution < 1.29 is 5.11 Å². The van der Waals surface area contributed by atoms with Gasteiger partial charge in [-0.15, -0.1) is 0 Å². The maximum Gasteiger partial charge on any atom is 0.227 e. The number of aliphatic hydroxyl groups is 1. The Bertz CT molecular complexity index is 929. The second-order valence-electron chi connectivity index (χ2n) is 8.58. The Hall–Kier alpha value is -2.48. The van der Waals surface area contributed by atoms with Gasteiger partial charge in [-0.2, -0.15) is 9.97 Å². The number of nitrogens with one attached hydrogen (secondary N) is 2. The van der Waals surface area contributed by atoms with Gasteiger partial charge in [0.25, 0.3) is 0 Å². The molecule has 8 heteroatoms. The van der Waals surface area contributed by atoms with Gasteiger partial charge < -0.3 is 20.3 Å². The molecule has 3 rings (SSSR count). The van der Waals surface area contributed by atoms with Crippen molar-refractivity contribution in [2.24, 2.45) is 4.99 Å². The Morgan fingerprint density at radius 2 is 2.03 bits per heavy atom. The number of aliphatic hydroxyl groups excluding tert-OH is 1. The van der Waals surface area contributed by atoms with Crippen molar-refractivity contribution in [3.63, 3.8) is 0 Å². The molecule has 3 heterocycles. The van der Waals surface area contributed by atoms with Crippen LogP contribution in [0.4, 0.5) is 11.8 Å². The summed E-state index contributed by atoms with van der Waals surface area (Å²) in [6.07, 6.45) is 6.06. The van der Waals surface area contributed by atoms with Crippen molar-refractivity contribution in [3.05, 3.63) is 17.5 Å². The van der Waals surface area contributed by atoms with E-state index in [-0.39, 0.29) is 12.1 Å². The van der Waals surface area contributed by atoms with Gasteiger partial charge in [0.2, 0.25) is 5.95 Å². The van der Waals surface area contributed by atoms with Crippen molar-refractivity contribution >= 4 is 29.1 Å². The van der Waals surface area contributed by atoms with Gasteiger partial charge in [-0.25, -0.2) is 4.98 Å². The van der Waals surface area contributed by atoms with Gasteiger partial charge >= 0.3 is 0 Å². The predicted octanol–water partition coefficient (Wildman–Crippen LogP) is 3.96. The molecule has 8 nitrogen and oxygen atoms in total. The second-order valence-corrected chi connectivity index (χ2v) is 8.58. The Labute approximate surface area is 178 Å². The van der Waals surface area contributed by atoms with Gasteiger partial charge in [-0.3, -0.25) is 4.99 Å². The highest BCUT2D eigenvalue weighted by atomic mass is 16.3. The lowest BCUT2D eigenvalue weighted by Gasteiger charge is -2.22. The number of aliphatic imine (C=N–C) groups is 1. The first-order chi connectivity index (χ1) is 14.3. The van der Waals surface area contributed by atoms with E-state index in [9.17, 15) is 5.11 Å². The molecule has 164 valence electrons. The molecular formula is C22H35N7O. The van der Waals surface area contributed by atoms with E-state index in [0.29, 0.717) is 24.4 Å². The van der Waals surface area contributed by atoms with Crippen LogP contribution in [-0.2, 0) is 0 Å². The number of imidazole rings is 1. The highest BCUT2D eigenvalue weighted by Crippen LogP contribution is 2.25. The summed E-state index contributed by atoms with van der Waals surface area (Å²) >= 11 is 0. The Balaban J connectivity index is 1.93. The molecule has 1 aliphatic rings. The molecule has 0 aliphatic carbocycles. The quantitative estimate of drug-likeness (QED) is 0.575. The molecule has 2 aromatic heterocycles. The van der Waals surface area contributed by atoms with Crippen molar-refractivity contribution in [2.45, 2.75) is 85.0 Å². The monoisotopic (exact) mass is 413 g/mol. The fourth-order valence-electron chi connectivity index (χ4n) is 3.72. The van der Waals surface area contributed by atoms with Crippen molar-refractivity contribution in [3.8, 4) is 0 Å². The largest absolute Gasteiger partial charge is 0.391 e. The summed E-state index contributed by atoms with van der Waals surface area (Å²) in [5, 5.41) is 16.9. The van der Waals surface area contributed by atoms with Crippen molar-refractivity contribution in [1.82, 2.24) is 19.5 Å². The van der Waals surface area contributed by atoms with Gasteiger partial charge in [0, 0.05) is 18.8 Å². The highest BCUT2D eigenvalue weighted by molar-refractivity contribution is 5.86. The molecule has 1 aliphatic heterocycles. The minimum atomic E-state index is -0.496. The summed E-state index contributed by atoms with van der Waals surface area (Å²) < 4.78 is 2.04. The molecule has 2 aromatic rings. The van der Waals surface area contributed by atoms with Crippen LogP contribution < -0.4 is 10.6 Å². The number of hydrogen-bond donors (Lipinski definition) is 3. The zero-order chi connectivity index (χ0) is 21.8. The second kappa shape index (κ2) is 9.55. The highest BCUT2D eigenvalue weighted by Gasteiger charge is 2.20. The molecule has 0 radical (unpaired) electrons. The first-order valence-electron chi connectivity index (χ1n) is 10.9. The average molecular weight is 414 g/mol. The van der Waals surface area contributed by atoms with Crippen LogP contribution in [0.5, 0.6) is 0 Å². The van der Waals surface area contributed by atoms with Gasteiger partial charge in [-0.05, 0) is 53.0 Å². The van der Waals surface area contributed by atoms with Crippen LogP contribution in [-0.4, -0.2) is 55.6 Å². The molecule has 3 N–H and O–H groups in total. The number of nitrogens with zero attached hydrogens (tertiary/aromatic N) is 5. The van der Waals surface area contributed by atoms with E-state index in [0.717, 1.165) is 30.4 Å². The van der Waals surface area contributed by atoms with E-state index in [1.165, 1.54) is 11.1 Å². The summed E-state index contributed by atoms with van der Waals surface area (Å²) in [5.74, 6) is 1.19. The lowest BCUT2D eigenvalue weighted by molar-refractivity contribution is 0.166. The van der Waals surface area contributed by atoms with Crippen LogP contribution in [0.25, 0.3) is 11.2 Å². The number of fused-ring (bicyclic) bond motifs is 1. The van der Waals surface area contributed by atoms with Crippen LogP contribution in [0.3, 0.4) is 0 Å². The number of hydrogen-bond acceptors (Lipinski definition) is 7. The molecule has 0 bridgehead atoms. The van der Waals surface area contributed by atoms with Crippen LogP contribution >= 0.6 is 0 Å². The minimum absolute atomic E-state index is 0.104. The first-order valence-corrected chi connectivity index (χ1v) is 10.9. The molecule has 0 fully saturated rings. The lowest BCUT2D eigenvalue weighted by Crippen LogP contribution is -2.32. The fourth-order valence-corrected chi connectivity index (χ4v) is 3.72. The third-order valence-corrected chi connectivity index (χ3v) is 5.56. The number of aromatic nitrogens is 4. The van der Waals surface area contributed by atoms with Crippen molar-refractivity contribution in [2.75, 3.05) is 17.2 Å². The summed E-state index contributed by atoms with van der Waals surface area (Å²) in [7, 11) is 0. The van der Waals surface area contributed by atoms with Crippen molar-refractivity contribution in [1.29, 1.82) is 0 Å². The zero-order valence-electron chi connectivity index (χ0n) is 19.0. The molecule has 0 saturated carbocycles. The molecule has 0 spiro atoms. The van der Waals surface area contributed by atoms with E-state index >= 15 is 0 Å². The maximum atomic E-state index is 10.1. The van der Waals surface area contributed by atoms with E-state index in [1.807, 2.05) is 17.1 Å². The average Bonchev–Trinajstić information content (AvgIpc) is 3.11. The van der Waals surface area contributed by atoms with E-state index in [1.54, 1.807) is 6.92 Å². The predicted molar refractivity (Wildman–Crippen MR) is 123 cm³/mol. The normalized spacial score (nSPS) is 18.9. The van der Waals surface area contributed by atoms with Gasteiger partial charge in [-0.1, -0.05) is 18.9 Å². The fraction of sp³-hybridized carbons (Fsp3) is 0.636. The molecule has 30 heavy (non-hydrogen) atoms. The molecular weight excluding hydrogens is 378 g/mol. The standard InChI is InChI=1S/C22H35N7O/c1-7-8-18(16(6)30)26-22-27-20(19-21(28-22)29(12-25-19)13(2)3)24-11-17-10-23-15(5)9-14(17)4/h10,12-13,15-16,18,30H,7-9,11H2,1-6H3,(H2,24,26,27,28)/t15?,16-,18+/m1/s1. The smallest absolute Gasteiger partial charge is 0.227 e. The topological polar surface area (TPSA) is 100 Å². The van der Waals surface area contributed by atoms with Crippen LogP contribution in [0.15, 0.2) is 22.5 Å². The Morgan fingerprint density at radius 3 is 2.67 bits per heavy atom. The van der Waals surface area contributed by atoms with E-state index < -0.39 is 6.10 Å². The van der Waals surface area contributed by atoms with Gasteiger partial charge in [0.05, 0.1) is 24.5 Å². The zero-order valence-corrected chi connectivity index (χ0v) is 19.0. The molecule has 0 saturated heterocycles. The summed E-state index contributed by atoms with van der Waals surface area (Å²) in [6, 6.07) is 0.464. The Kier molecular flexibility index (Phi) is 7.07. The number of anilines is 2. The Morgan fingerprint density at radius 1 is 1.27 bits per heavy atom. The molecule has 1 unspecified atom stereocenters. The third-order valence-electron chi connectivity index (χ3n) is 5.56. The van der Waals surface area contributed by atoms with E-state index in [4.69, 9.17) is 9.97 Å². The summed E-state index contributed by atoms with van der Waals surface area (Å²) in [6.45, 7) is 13.0. The SMILES string of the molecule is CCC[C@H](Nc1nc(NCC2=C(C)CC(C)N=C2)c2ncn(C(C)C)c2n1)[C@@H](C)O. The van der Waals surface area contributed by atoms with Crippen LogP contribution in [0.2, 0.25) is 0 Å². The summed E-state index contributed by atoms with van der Waals surface area (Å²) in [4.78, 5) is 18.6. The third kappa shape index (κ3) is 4.98. The maximum absolute atomic E-state index is 10.1. The summed E-state index contributed by atoms with van der Waals surface area (Å²) in [5.41, 5.74) is 4.06. The lowest BCUT2D eigenvalue weighted by atomic mass is 10.0. The van der Waals surface area contributed by atoms with Gasteiger partial charge in [0.15, 0.2) is 17.0 Å². The molecule has 3 atom stereocenters. The van der Waals surface area contributed by atoms with Gasteiger partial charge in [0.1, 0.15) is 0 Å².